The monoisotopic (exact) mass is 229 g/mol. The van der Waals surface area contributed by atoms with Gasteiger partial charge in [0.15, 0.2) is 0 Å². The molecular weight excluding hydrogens is 222 g/mol. The maximum atomic E-state index is 6.03. The summed E-state index contributed by atoms with van der Waals surface area (Å²) in [6, 6.07) is 9.80. The molecule has 3 heterocycles. The highest BCUT2D eigenvalue weighted by atomic mass is 35.5. The summed E-state index contributed by atoms with van der Waals surface area (Å²) in [4.78, 5) is 4.10. The van der Waals surface area contributed by atoms with Crippen LogP contribution in [0, 0.1) is 0 Å². The molecule has 16 heavy (non-hydrogen) atoms. The van der Waals surface area contributed by atoms with Gasteiger partial charge in [0.1, 0.15) is 0 Å². The number of nitrogens with zero attached hydrogens (tertiary/aromatic N) is 3. The Balaban J connectivity index is 2.32. The van der Waals surface area contributed by atoms with E-state index in [0.717, 1.165) is 16.8 Å². The van der Waals surface area contributed by atoms with E-state index in [-0.39, 0.29) is 0 Å². The molecule has 78 valence electrons. The number of aromatic nitrogens is 3. The second kappa shape index (κ2) is 3.61. The third kappa shape index (κ3) is 1.37. The standard InChI is InChI=1S/C12H8ClN3/c13-10-8-15-16-11(4-1-5-12(10)16)9-3-2-6-14-7-9/h1-8H. The lowest BCUT2D eigenvalue weighted by Crippen LogP contribution is -1.93. The van der Waals surface area contributed by atoms with E-state index >= 15 is 0 Å². The molecule has 0 atom stereocenters. The lowest BCUT2D eigenvalue weighted by atomic mass is 10.2. The molecule has 0 aliphatic carbocycles. The average molecular weight is 230 g/mol. The zero-order valence-corrected chi connectivity index (χ0v) is 9.09. The second-order valence-corrected chi connectivity index (χ2v) is 3.85. The highest BCUT2D eigenvalue weighted by molar-refractivity contribution is 6.33. The summed E-state index contributed by atoms with van der Waals surface area (Å²) in [6.07, 6.45) is 5.21. The van der Waals surface area contributed by atoms with Crippen LogP contribution in [0.4, 0.5) is 0 Å². The van der Waals surface area contributed by atoms with Gasteiger partial charge in [-0.3, -0.25) is 4.98 Å². The van der Waals surface area contributed by atoms with E-state index in [1.54, 1.807) is 12.4 Å². The molecule has 0 fully saturated rings. The summed E-state index contributed by atoms with van der Waals surface area (Å²) in [5.74, 6) is 0. The first-order chi connectivity index (χ1) is 7.86. The minimum absolute atomic E-state index is 0.658. The maximum absolute atomic E-state index is 6.03. The van der Waals surface area contributed by atoms with E-state index in [9.17, 15) is 0 Å². The van der Waals surface area contributed by atoms with E-state index in [2.05, 4.69) is 10.1 Å². The molecule has 0 aliphatic rings. The number of fused-ring (bicyclic) bond motifs is 1. The Bertz CT molecular complexity index is 631. The summed E-state index contributed by atoms with van der Waals surface area (Å²) < 4.78 is 1.82. The van der Waals surface area contributed by atoms with E-state index in [1.165, 1.54) is 0 Å². The van der Waals surface area contributed by atoms with Crippen molar-refractivity contribution < 1.29 is 0 Å². The molecule has 0 aromatic carbocycles. The Morgan fingerprint density at radius 1 is 1.06 bits per heavy atom. The molecule has 0 spiro atoms. The van der Waals surface area contributed by atoms with E-state index in [4.69, 9.17) is 11.6 Å². The van der Waals surface area contributed by atoms with Gasteiger partial charge in [-0.15, -0.1) is 0 Å². The van der Waals surface area contributed by atoms with Crippen LogP contribution in [-0.2, 0) is 0 Å². The summed E-state index contributed by atoms with van der Waals surface area (Å²) in [7, 11) is 0. The van der Waals surface area contributed by atoms with Crippen LogP contribution in [0.1, 0.15) is 0 Å². The van der Waals surface area contributed by atoms with Crippen LogP contribution < -0.4 is 0 Å². The zero-order valence-electron chi connectivity index (χ0n) is 8.34. The third-order valence-electron chi connectivity index (χ3n) is 2.45. The first-order valence-corrected chi connectivity index (χ1v) is 5.27. The smallest absolute Gasteiger partial charge is 0.0864 e. The van der Waals surface area contributed by atoms with Crippen molar-refractivity contribution in [2.24, 2.45) is 0 Å². The largest absolute Gasteiger partial charge is 0.264 e. The quantitative estimate of drug-likeness (QED) is 0.642. The minimum atomic E-state index is 0.658. The second-order valence-electron chi connectivity index (χ2n) is 3.44. The molecule has 0 N–H and O–H groups in total. The van der Waals surface area contributed by atoms with Crippen LogP contribution >= 0.6 is 11.6 Å². The first-order valence-electron chi connectivity index (χ1n) is 4.89. The molecule has 0 amide bonds. The van der Waals surface area contributed by atoms with Crippen molar-refractivity contribution in [3.05, 3.63) is 53.9 Å². The zero-order chi connectivity index (χ0) is 11.0. The van der Waals surface area contributed by atoms with Crippen LogP contribution in [0.5, 0.6) is 0 Å². The Morgan fingerprint density at radius 3 is 2.81 bits per heavy atom. The molecule has 3 aromatic rings. The molecule has 0 bridgehead atoms. The Morgan fingerprint density at radius 2 is 2.00 bits per heavy atom. The van der Waals surface area contributed by atoms with E-state index in [0.29, 0.717) is 5.02 Å². The van der Waals surface area contributed by atoms with Gasteiger partial charge in [0.2, 0.25) is 0 Å². The number of hydrogen-bond donors (Lipinski definition) is 0. The van der Waals surface area contributed by atoms with E-state index in [1.807, 2.05) is 41.0 Å². The maximum Gasteiger partial charge on any atom is 0.0864 e. The first kappa shape index (κ1) is 9.36. The van der Waals surface area contributed by atoms with Crippen LogP contribution in [0.3, 0.4) is 0 Å². The van der Waals surface area contributed by atoms with Gasteiger partial charge in [-0.05, 0) is 24.3 Å². The molecule has 0 unspecified atom stereocenters. The van der Waals surface area contributed by atoms with Crippen molar-refractivity contribution in [1.82, 2.24) is 14.6 Å². The fourth-order valence-electron chi connectivity index (χ4n) is 1.71. The number of halogens is 1. The predicted octanol–water partition coefficient (Wildman–Crippen LogP) is 3.05. The summed E-state index contributed by atoms with van der Waals surface area (Å²) in [5.41, 5.74) is 2.91. The Labute approximate surface area is 97.3 Å². The van der Waals surface area contributed by atoms with Gasteiger partial charge < -0.3 is 0 Å². The highest BCUT2D eigenvalue weighted by Crippen LogP contribution is 2.23. The lowest BCUT2D eigenvalue weighted by molar-refractivity contribution is 0.968. The topological polar surface area (TPSA) is 30.2 Å². The SMILES string of the molecule is Clc1cnn2c(-c3cccnc3)cccc12. The van der Waals surface area contributed by atoms with Crippen molar-refractivity contribution in [3.8, 4) is 11.3 Å². The molecule has 0 saturated carbocycles. The lowest BCUT2D eigenvalue weighted by Gasteiger charge is -2.03. The van der Waals surface area contributed by atoms with Crippen LogP contribution in [-0.4, -0.2) is 14.6 Å². The molecular formula is C12H8ClN3. The van der Waals surface area contributed by atoms with Crippen LogP contribution in [0.25, 0.3) is 16.8 Å². The van der Waals surface area contributed by atoms with Gasteiger partial charge in [0.05, 0.1) is 22.4 Å². The van der Waals surface area contributed by atoms with Crippen molar-refractivity contribution in [1.29, 1.82) is 0 Å². The van der Waals surface area contributed by atoms with Gasteiger partial charge in [-0.1, -0.05) is 17.7 Å². The van der Waals surface area contributed by atoms with E-state index < -0.39 is 0 Å². The van der Waals surface area contributed by atoms with Crippen molar-refractivity contribution in [3.63, 3.8) is 0 Å². The van der Waals surface area contributed by atoms with Crippen molar-refractivity contribution >= 4 is 17.1 Å². The summed E-state index contributed by atoms with van der Waals surface area (Å²) in [6.45, 7) is 0. The van der Waals surface area contributed by atoms with Gasteiger partial charge >= 0.3 is 0 Å². The molecule has 0 saturated heterocycles. The van der Waals surface area contributed by atoms with Gasteiger partial charge in [-0.2, -0.15) is 5.10 Å². The van der Waals surface area contributed by atoms with Gasteiger partial charge in [0.25, 0.3) is 0 Å². The molecule has 4 heteroatoms. The van der Waals surface area contributed by atoms with Crippen LogP contribution in [0.2, 0.25) is 5.02 Å². The normalized spacial score (nSPS) is 10.8. The summed E-state index contributed by atoms with van der Waals surface area (Å²) in [5, 5.41) is 4.91. The van der Waals surface area contributed by atoms with Crippen molar-refractivity contribution in [2.75, 3.05) is 0 Å². The minimum Gasteiger partial charge on any atom is -0.264 e. The summed E-state index contributed by atoms with van der Waals surface area (Å²) >= 11 is 6.03. The Hall–Kier alpha value is -1.87. The molecule has 3 nitrogen and oxygen atoms in total. The third-order valence-corrected chi connectivity index (χ3v) is 2.74. The fraction of sp³-hybridized carbons (Fsp3) is 0. The predicted molar refractivity (Wildman–Crippen MR) is 63.4 cm³/mol. The van der Waals surface area contributed by atoms with Crippen molar-refractivity contribution in [2.45, 2.75) is 0 Å². The van der Waals surface area contributed by atoms with Gasteiger partial charge in [-0.25, -0.2) is 4.52 Å². The number of rotatable bonds is 1. The molecule has 3 aromatic heterocycles. The Kier molecular flexibility index (Phi) is 2.11. The molecule has 0 radical (unpaired) electrons. The van der Waals surface area contributed by atoms with Crippen LogP contribution in [0.15, 0.2) is 48.9 Å². The fourth-order valence-corrected chi connectivity index (χ4v) is 1.90. The molecule has 3 rings (SSSR count). The number of hydrogen-bond acceptors (Lipinski definition) is 2. The molecule has 0 aliphatic heterocycles. The average Bonchev–Trinajstić information content (AvgIpc) is 2.73. The number of pyridine rings is 2. The van der Waals surface area contributed by atoms with Gasteiger partial charge in [0, 0.05) is 18.0 Å². The highest BCUT2D eigenvalue weighted by Gasteiger charge is 2.06.